The molecule has 0 saturated carbocycles. The third-order valence-corrected chi connectivity index (χ3v) is 22.7. The number of benzene rings is 14. The minimum absolute atomic E-state index is 0.202. The molecular weight excluding hydrogens is 1380 g/mol. The second-order valence-electron chi connectivity index (χ2n) is 27.7. The average molecular weight is 1450 g/mol. The van der Waals surface area contributed by atoms with Crippen molar-refractivity contribution in [1.82, 2.24) is 29.9 Å². The van der Waals surface area contributed by atoms with Gasteiger partial charge in [0.2, 0.25) is 5.28 Å². The highest BCUT2D eigenvalue weighted by molar-refractivity contribution is 7.26. The summed E-state index contributed by atoms with van der Waals surface area (Å²) in [5.41, 5.74) is 19.0. The van der Waals surface area contributed by atoms with Gasteiger partial charge in [0.1, 0.15) is 0 Å². The third kappa shape index (κ3) is 14.4. The summed E-state index contributed by atoms with van der Waals surface area (Å²) in [5, 5.41) is 5.37. The molecule has 14 aromatic carbocycles. The zero-order valence-corrected chi connectivity index (χ0v) is 62.1. The minimum Gasteiger partial charge on any atom is -0.399 e. The Balaban J connectivity index is 0.000000129. The van der Waals surface area contributed by atoms with E-state index < -0.39 is 18.3 Å². The van der Waals surface area contributed by atoms with Gasteiger partial charge in [-0.15, -0.1) is 22.7 Å². The van der Waals surface area contributed by atoms with Crippen LogP contribution >= 0.6 is 34.3 Å². The predicted molar refractivity (Wildman–Crippen MR) is 452 cm³/mol. The Hall–Kier alpha value is -12.2. The van der Waals surface area contributed by atoms with Crippen molar-refractivity contribution in [3.05, 3.63) is 357 Å². The molecule has 4 aromatic heterocycles. The summed E-state index contributed by atoms with van der Waals surface area (Å²) in [5.74, 6) is 3.10. The molecule has 0 spiro atoms. The first-order valence-electron chi connectivity index (χ1n) is 36.1. The molecule has 0 atom stereocenters. The first kappa shape index (κ1) is 68.9. The van der Waals surface area contributed by atoms with E-state index in [0.717, 1.165) is 55.5 Å². The number of thiophene rings is 2. The number of nitrogens with zero attached hydrogens (tertiary/aromatic N) is 6. The van der Waals surface area contributed by atoms with Crippen molar-refractivity contribution in [2.75, 3.05) is 0 Å². The molecule has 8 nitrogen and oxygen atoms in total. The van der Waals surface area contributed by atoms with Crippen molar-refractivity contribution in [2.24, 2.45) is 0 Å². The maximum atomic E-state index is 6.52. The molecule has 0 bridgehead atoms. The molecule has 19 rings (SSSR count). The SMILES string of the molecule is CC1(C)OB(c2cc(-c3ccc(-c4ccccc4)cc3)cc(-c3cccc4c3sc3ccccc34)c2)OC1(C)C.Clc1nc(-c2ccccc2)nc(-c2ccccc2)n1.c1ccc(-c2ccc(-c3cc(-c4nc(-c5ccccc5)nc(-c5ccccc5)n4)cc(-c4cccc5c4sc4ccccc45)c3)cc2)cc1. The maximum absolute atomic E-state index is 6.52. The highest BCUT2D eigenvalue weighted by Gasteiger charge is 2.52. The molecule has 1 fully saturated rings. The second kappa shape index (κ2) is 30.0. The third-order valence-electron chi connectivity index (χ3n) is 20.1. The van der Waals surface area contributed by atoms with Crippen LogP contribution in [-0.4, -0.2) is 48.2 Å². The van der Waals surface area contributed by atoms with Crippen molar-refractivity contribution in [2.45, 2.75) is 38.9 Å². The monoisotopic (exact) mass is 1450 g/mol. The summed E-state index contributed by atoms with van der Waals surface area (Å²) in [6, 6.07) is 123. The highest BCUT2D eigenvalue weighted by atomic mass is 35.5. The first-order chi connectivity index (χ1) is 52.9. The molecule has 518 valence electrons. The number of halogens is 1. The molecule has 5 heterocycles. The van der Waals surface area contributed by atoms with Crippen molar-refractivity contribution in [3.8, 4) is 124 Å². The summed E-state index contributed by atoms with van der Waals surface area (Å²) in [6.07, 6.45) is 0. The van der Waals surface area contributed by atoms with Gasteiger partial charge in [0.05, 0.1) is 11.2 Å². The lowest BCUT2D eigenvalue weighted by Gasteiger charge is -2.32. The number of fused-ring (bicyclic) bond motifs is 6. The van der Waals surface area contributed by atoms with Gasteiger partial charge < -0.3 is 9.31 Å². The van der Waals surface area contributed by atoms with E-state index in [9.17, 15) is 0 Å². The van der Waals surface area contributed by atoms with Crippen LogP contribution in [0.1, 0.15) is 27.7 Å². The lowest BCUT2D eigenvalue weighted by Crippen LogP contribution is -2.41. The van der Waals surface area contributed by atoms with Crippen molar-refractivity contribution in [1.29, 1.82) is 0 Å². The summed E-state index contributed by atoms with van der Waals surface area (Å²) in [7, 11) is -0.436. The van der Waals surface area contributed by atoms with E-state index in [0.29, 0.717) is 29.1 Å². The highest BCUT2D eigenvalue weighted by Crippen LogP contribution is 2.45. The molecule has 0 N–H and O–H groups in total. The zero-order chi connectivity index (χ0) is 73.1. The van der Waals surface area contributed by atoms with E-state index in [4.69, 9.17) is 35.9 Å². The van der Waals surface area contributed by atoms with E-state index in [1.54, 1.807) is 0 Å². The van der Waals surface area contributed by atoms with Crippen LogP contribution in [0, 0.1) is 0 Å². The fraction of sp³-hybridized carbons (Fsp3) is 0.0625. The zero-order valence-electron chi connectivity index (χ0n) is 59.8. The van der Waals surface area contributed by atoms with Crippen LogP contribution in [0.15, 0.2) is 352 Å². The maximum Gasteiger partial charge on any atom is 0.494 e. The molecule has 0 aliphatic carbocycles. The summed E-state index contributed by atoms with van der Waals surface area (Å²) in [6.45, 7) is 8.44. The fourth-order valence-corrected chi connectivity index (χ4v) is 16.4. The van der Waals surface area contributed by atoms with Gasteiger partial charge in [-0.05, 0) is 148 Å². The van der Waals surface area contributed by atoms with E-state index in [2.05, 4.69) is 273 Å². The van der Waals surface area contributed by atoms with Crippen molar-refractivity contribution >= 4 is 87.2 Å². The summed E-state index contributed by atoms with van der Waals surface area (Å²) in [4.78, 5) is 28.0. The van der Waals surface area contributed by atoms with E-state index >= 15 is 0 Å². The van der Waals surface area contributed by atoms with Crippen LogP contribution in [-0.2, 0) is 9.31 Å². The molecule has 0 radical (unpaired) electrons. The Morgan fingerprint density at radius 2 is 0.519 bits per heavy atom. The minimum atomic E-state index is -0.436. The van der Waals surface area contributed by atoms with Gasteiger partial charge in [-0.2, -0.15) is 9.97 Å². The van der Waals surface area contributed by atoms with Crippen LogP contribution in [0.4, 0.5) is 0 Å². The fourth-order valence-electron chi connectivity index (χ4n) is 13.8. The molecule has 12 heteroatoms. The Bertz CT molecular complexity index is 6120. The molecule has 0 amide bonds. The number of rotatable bonds is 12. The molecule has 108 heavy (non-hydrogen) atoms. The van der Waals surface area contributed by atoms with Crippen molar-refractivity contribution in [3.63, 3.8) is 0 Å². The van der Waals surface area contributed by atoms with Gasteiger partial charge in [0, 0.05) is 68.2 Å². The Morgan fingerprint density at radius 3 is 0.907 bits per heavy atom. The molecule has 0 unspecified atom stereocenters. The van der Waals surface area contributed by atoms with E-state index in [1.807, 2.05) is 144 Å². The van der Waals surface area contributed by atoms with Gasteiger partial charge in [-0.25, -0.2) is 19.9 Å². The standard InChI is InChI=1S/C45H29N3S.C36H31BO2S.C15H10ClN3/c1-4-13-30(14-5-1)31-23-25-32(26-24-31)35-27-36(38-20-12-21-40-39-19-10-11-22-41(39)49-42(38)40)29-37(28-35)45-47-43(33-15-6-2-7-16-33)46-44(48-45)34-17-8-3-9-18-34;1-35(2)36(3,4)39-37(38-35)29-22-27(26-19-17-25(18-20-26)24-11-6-5-7-12-24)21-28(23-29)30-14-10-15-32-31-13-8-9-16-33(31)40-34(30)32;16-15-18-13(11-7-3-1-4-8-11)17-14(19-15)12-9-5-2-6-10-12/h1-29H;5-23H,1-4H3;1-10H. The van der Waals surface area contributed by atoms with Crippen LogP contribution in [0.2, 0.25) is 5.28 Å². The van der Waals surface area contributed by atoms with Crippen LogP contribution in [0.25, 0.3) is 164 Å². The lowest BCUT2D eigenvalue weighted by molar-refractivity contribution is 0.00578. The molecule has 1 saturated heterocycles. The molecule has 1 aliphatic heterocycles. The normalized spacial score (nSPS) is 12.9. The topological polar surface area (TPSA) is 95.8 Å². The summed E-state index contributed by atoms with van der Waals surface area (Å²) >= 11 is 9.69. The smallest absolute Gasteiger partial charge is 0.399 e. The van der Waals surface area contributed by atoms with E-state index in [1.165, 1.54) is 84.9 Å². The van der Waals surface area contributed by atoms with Crippen molar-refractivity contribution < 1.29 is 9.31 Å². The second-order valence-corrected chi connectivity index (χ2v) is 30.1. The number of hydrogen-bond acceptors (Lipinski definition) is 10. The van der Waals surface area contributed by atoms with Crippen LogP contribution in [0.3, 0.4) is 0 Å². The lowest BCUT2D eigenvalue weighted by atomic mass is 9.76. The molecule has 18 aromatic rings. The van der Waals surface area contributed by atoms with Gasteiger partial charge in [0.15, 0.2) is 29.1 Å². The van der Waals surface area contributed by atoms with Crippen LogP contribution < -0.4 is 5.46 Å². The van der Waals surface area contributed by atoms with Crippen LogP contribution in [0.5, 0.6) is 0 Å². The summed E-state index contributed by atoms with van der Waals surface area (Å²) < 4.78 is 18.2. The Morgan fingerprint density at radius 1 is 0.250 bits per heavy atom. The number of aromatic nitrogens is 6. The predicted octanol–water partition coefficient (Wildman–Crippen LogP) is 25.5. The van der Waals surface area contributed by atoms with Gasteiger partial charge in [0.25, 0.3) is 0 Å². The van der Waals surface area contributed by atoms with Gasteiger partial charge >= 0.3 is 7.12 Å². The van der Waals surface area contributed by atoms with Gasteiger partial charge in [-0.3, -0.25) is 0 Å². The molecule has 1 aliphatic rings. The quantitative estimate of drug-likeness (QED) is 0.112. The van der Waals surface area contributed by atoms with Gasteiger partial charge in [-0.1, -0.05) is 315 Å². The van der Waals surface area contributed by atoms with E-state index in [-0.39, 0.29) is 5.28 Å². The Labute approximate surface area is 641 Å². The average Bonchev–Trinajstić information content (AvgIpc) is 1.58. The Kier molecular flexibility index (Phi) is 19.1. The number of hydrogen-bond donors (Lipinski definition) is 0. The molecular formula is C96H70BClN6O2S2. The first-order valence-corrected chi connectivity index (χ1v) is 38.1. The largest absolute Gasteiger partial charge is 0.494 e.